The van der Waals surface area contributed by atoms with Crippen molar-refractivity contribution in [1.82, 2.24) is 0 Å². The molecular formula is C18H18ClO3PS. The van der Waals surface area contributed by atoms with E-state index < -0.39 is 6.80 Å². The third-order valence-electron chi connectivity index (χ3n) is 3.64. The smallest absolute Gasteiger partial charge is 0.417 e. The summed E-state index contributed by atoms with van der Waals surface area (Å²) >= 11 is 7.62. The van der Waals surface area contributed by atoms with E-state index in [1.54, 1.807) is 6.07 Å². The minimum absolute atomic E-state index is 0.455. The number of fused-ring (bicyclic) bond motifs is 2. The van der Waals surface area contributed by atoms with Gasteiger partial charge in [0.1, 0.15) is 5.75 Å². The Balaban J connectivity index is 2.03. The third-order valence-corrected chi connectivity index (χ3v) is 7.90. The number of rotatable bonds is 6. The topological polar surface area (TPSA) is 35.5 Å². The first-order valence-corrected chi connectivity index (χ1v) is 11.2. The minimum atomic E-state index is -3.23. The Kier molecular flexibility index (Phi) is 5.41. The zero-order valence-corrected chi connectivity index (χ0v) is 16.0. The summed E-state index contributed by atoms with van der Waals surface area (Å²) in [6, 6.07) is 15.8. The highest BCUT2D eigenvalue weighted by Gasteiger charge is 2.25. The van der Waals surface area contributed by atoms with Crippen LogP contribution in [0.5, 0.6) is 5.75 Å². The second kappa shape index (κ2) is 7.37. The maximum Gasteiger partial charge on any atom is 0.439 e. The summed E-state index contributed by atoms with van der Waals surface area (Å²) in [5.41, 5.74) is 0. The molecule has 0 aliphatic rings. The van der Waals surface area contributed by atoms with Gasteiger partial charge in [-0.3, -0.25) is 4.52 Å². The van der Waals surface area contributed by atoms with Crippen molar-refractivity contribution < 1.29 is 13.6 Å². The minimum Gasteiger partial charge on any atom is -0.417 e. The van der Waals surface area contributed by atoms with Crippen LogP contribution in [-0.2, 0) is 9.09 Å². The summed E-state index contributed by atoms with van der Waals surface area (Å²) in [4.78, 5) is 0. The molecule has 0 fully saturated rings. The van der Waals surface area contributed by atoms with E-state index >= 15 is 0 Å². The van der Waals surface area contributed by atoms with E-state index in [0.717, 1.165) is 28.0 Å². The quantitative estimate of drug-likeness (QED) is 0.343. The van der Waals surface area contributed by atoms with Gasteiger partial charge in [-0.2, -0.15) is 0 Å². The van der Waals surface area contributed by atoms with Crippen LogP contribution in [0, 0.1) is 0 Å². The van der Waals surface area contributed by atoms with E-state index in [0.29, 0.717) is 16.5 Å². The van der Waals surface area contributed by atoms with Gasteiger partial charge in [0.15, 0.2) is 0 Å². The molecule has 1 atom stereocenters. The summed E-state index contributed by atoms with van der Waals surface area (Å²) in [5.74, 6) is 1.16. The highest BCUT2D eigenvalue weighted by molar-refractivity contribution is 8.55. The van der Waals surface area contributed by atoms with Gasteiger partial charge in [0.25, 0.3) is 0 Å². The molecule has 3 aromatic rings. The van der Waals surface area contributed by atoms with Gasteiger partial charge in [0.05, 0.1) is 5.02 Å². The second-order valence-electron chi connectivity index (χ2n) is 5.38. The summed E-state index contributed by atoms with van der Waals surface area (Å²) < 4.78 is 23.4. The van der Waals surface area contributed by atoms with Crippen molar-refractivity contribution in [2.75, 3.05) is 12.9 Å². The van der Waals surface area contributed by atoms with E-state index in [-0.39, 0.29) is 0 Å². The van der Waals surface area contributed by atoms with Gasteiger partial charge in [0.2, 0.25) is 0 Å². The average Bonchev–Trinajstić information content (AvgIpc) is 2.58. The molecule has 24 heavy (non-hydrogen) atoms. The lowest BCUT2D eigenvalue weighted by molar-refractivity contribution is 0.342. The Morgan fingerprint density at radius 3 is 2.46 bits per heavy atom. The molecule has 0 saturated heterocycles. The fourth-order valence-corrected chi connectivity index (χ4v) is 5.71. The SMILES string of the molecule is CCCSP(=O)(OC)Oc1cc(Cl)c2cc3ccccc3cc2c1. The van der Waals surface area contributed by atoms with Gasteiger partial charge >= 0.3 is 6.80 Å². The van der Waals surface area contributed by atoms with Gasteiger partial charge in [-0.05, 0) is 58.2 Å². The highest BCUT2D eigenvalue weighted by Crippen LogP contribution is 2.60. The summed E-state index contributed by atoms with van der Waals surface area (Å²) in [6.45, 7) is -1.21. The number of benzene rings is 3. The van der Waals surface area contributed by atoms with Gasteiger partial charge in [-0.25, -0.2) is 4.57 Å². The standard InChI is InChI=1S/C18H18ClO3PS/c1-3-8-24-23(20,21-2)22-16-10-15-9-13-6-4-5-7-14(13)11-17(15)18(19)12-16/h4-7,9-12H,3,8H2,1-2H3. The zero-order chi connectivity index (χ0) is 17.2. The van der Waals surface area contributed by atoms with Crippen molar-refractivity contribution in [3.05, 3.63) is 53.6 Å². The molecule has 0 amide bonds. The molecule has 0 aromatic heterocycles. The molecule has 0 aliphatic heterocycles. The number of halogens is 1. The molecule has 0 N–H and O–H groups in total. The van der Waals surface area contributed by atoms with Crippen molar-refractivity contribution in [1.29, 1.82) is 0 Å². The van der Waals surface area contributed by atoms with Gasteiger partial charge in [-0.15, -0.1) is 0 Å². The van der Waals surface area contributed by atoms with E-state index in [1.165, 1.54) is 18.5 Å². The molecule has 0 heterocycles. The zero-order valence-electron chi connectivity index (χ0n) is 13.5. The Morgan fingerprint density at radius 1 is 1.08 bits per heavy atom. The summed E-state index contributed by atoms with van der Waals surface area (Å²) in [5, 5.41) is 4.70. The third kappa shape index (κ3) is 3.73. The fourth-order valence-electron chi connectivity index (χ4n) is 2.48. The van der Waals surface area contributed by atoms with Crippen molar-refractivity contribution in [2.45, 2.75) is 13.3 Å². The van der Waals surface area contributed by atoms with Crippen LogP contribution in [0.2, 0.25) is 5.02 Å². The molecule has 0 radical (unpaired) electrons. The fraction of sp³-hybridized carbons (Fsp3) is 0.222. The summed E-state index contributed by atoms with van der Waals surface area (Å²) in [7, 11) is 1.40. The Bertz CT molecular complexity index is 929. The molecule has 0 spiro atoms. The van der Waals surface area contributed by atoms with Crippen molar-refractivity contribution in [2.24, 2.45) is 0 Å². The van der Waals surface area contributed by atoms with Crippen LogP contribution in [0.4, 0.5) is 0 Å². The van der Waals surface area contributed by atoms with Crippen LogP contribution in [0.3, 0.4) is 0 Å². The van der Waals surface area contributed by atoms with Crippen LogP contribution in [0.15, 0.2) is 48.5 Å². The predicted molar refractivity (Wildman–Crippen MR) is 104 cm³/mol. The maximum absolute atomic E-state index is 12.6. The van der Waals surface area contributed by atoms with Crippen LogP contribution < -0.4 is 4.52 Å². The van der Waals surface area contributed by atoms with Gasteiger partial charge in [-0.1, -0.05) is 42.8 Å². The van der Waals surface area contributed by atoms with Crippen molar-refractivity contribution in [3.8, 4) is 5.75 Å². The lowest BCUT2D eigenvalue weighted by Crippen LogP contribution is -1.93. The maximum atomic E-state index is 12.6. The molecular weight excluding hydrogens is 363 g/mol. The van der Waals surface area contributed by atoms with E-state index in [9.17, 15) is 4.57 Å². The molecule has 3 aromatic carbocycles. The second-order valence-corrected chi connectivity index (χ2v) is 10.0. The lowest BCUT2D eigenvalue weighted by atomic mass is 10.0. The molecule has 0 bridgehead atoms. The van der Waals surface area contributed by atoms with E-state index in [4.69, 9.17) is 20.6 Å². The van der Waals surface area contributed by atoms with Crippen LogP contribution >= 0.6 is 29.8 Å². The molecule has 3 nitrogen and oxygen atoms in total. The predicted octanol–water partition coefficient (Wildman–Crippen LogP) is 6.92. The van der Waals surface area contributed by atoms with Crippen molar-refractivity contribution in [3.63, 3.8) is 0 Å². The van der Waals surface area contributed by atoms with Gasteiger partial charge in [0, 0.05) is 18.2 Å². The Morgan fingerprint density at radius 2 is 1.79 bits per heavy atom. The monoisotopic (exact) mass is 380 g/mol. The normalized spacial score (nSPS) is 14.0. The van der Waals surface area contributed by atoms with Crippen LogP contribution in [-0.4, -0.2) is 12.9 Å². The average molecular weight is 381 g/mol. The Hall–Kier alpha value is -1.19. The van der Waals surface area contributed by atoms with Crippen LogP contribution in [0.1, 0.15) is 13.3 Å². The van der Waals surface area contributed by atoms with Gasteiger partial charge < -0.3 is 4.52 Å². The van der Waals surface area contributed by atoms with E-state index in [1.807, 2.05) is 31.2 Å². The Labute approximate surface area is 150 Å². The van der Waals surface area contributed by atoms with Crippen molar-refractivity contribution >= 4 is 51.3 Å². The molecule has 126 valence electrons. The molecule has 3 rings (SSSR count). The lowest BCUT2D eigenvalue weighted by Gasteiger charge is -2.17. The number of hydrogen-bond donors (Lipinski definition) is 0. The largest absolute Gasteiger partial charge is 0.439 e. The first-order valence-electron chi connectivity index (χ1n) is 7.66. The first-order chi connectivity index (χ1) is 11.5. The van der Waals surface area contributed by atoms with Crippen LogP contribution in [0.25, 0.3) is 21.5 Å². The molecule has 0 saturated carbocycles. The number of hydrogen-bond acceptors (Lipinski definition) is 4. The first kappa shape index (κ1) is 17.6. The molecule has 6 heteroatoms. The molecule has 1 unspecified atom stereocenters. The summed E-state index contributed by atoms with van der Waals surface area (Å²) in [6.07, 6.45) is 0.895. The molecule has 0 aliphatic carbocycles. The van der Waals surface area contributed by atoms with E-state index in [2.05, 4.69) is 18.2 Å². The highest BCUT2D eigenvalue weighted by atomic mass is 35.5.